The number of amides is 2. The van der Waals surface area contributed by atoms with Crippen LogP contribution in [0.25, 0.3) is 5.57 Å². The summed E-state index contributed by atoms with van der Waals surface area (Å²) in [7, 11) is 1.50. The number of hydrogen-bond donors (Lipinski definition) is 1. The molecular formula is C17H14N2O2. The van der Waals surface area contributed by atoms with Gasteiger partial charge in [-0.05, 0) is 18.2 Å². The van der Waals surface area contributed by atoms with Crippen molar-refractivity contribution in [3.05, 3.63) is 71.9 Å². The van der Waals surface area contributed by atoms with E-state index >= 15 is 0 Å². The van der Waals surface area contributed by atoms with Gasteiger partial charge < -0.3 is 5.32 Å². The third-order valence-corrected chi connectivity index (χ3v) is 3.44. The molecule has 0 atom stereocenters. The SMILES string of the molecule is CN1C(=O)C(=CNc2ccccc2)c2ccccc2C1=O. The van der Waals surface area contributed by atoms with E-state index in [2.05, 4.69) is 5.32 Å². The number of nitrogens with zero attached hydrogens (tertiary/aromatic N) is 1. The first-order valence-electron chi connectivity index (χ1n) is 6.62. The van der Waals surface area contributed by atoms with Crippen molar-refractivity contribution in [3.8, 4) is 0 Å². The molecule has 2 amide bonds. The second-order valence-corrected chi connectivity index (χ2v) is 4.78. The lowest BCUT2D eigenvalue weighted by Gasteiger charge is -2.25. The van der Waals surface area contributed by atoms with Crippen molar-refractivity contribution in [1.82, 2.24) is 4.90 Å². The second-order valence-electron chi connectivity index (χ2n) is 4.78. The van der Waals surface area contributed by atoms with Gasteiger partial charge in [-0.25, -0.2) is 0 Å². The molecule has 1 N–H and O–H groups in total. The van der Waals surface area contributed by atoms with Crippen LogP contribution < -0.4 is 5.32 Å². The van der Waals surface area contributed by atoms with Crippen molar-refractivity contribution < 1.29 is 9.59 Å². The van der Waals surface area contributed by atoms with Crippen LogP contribution in [0.3, 0.4) is 0 Å². The highest BCUT2D eigenvalue weighted by Crippen LogP contribution is 2.27. The molecule has 0 radical (unpaired) electrons. The van der Waals surface area contributed by atoms with Crippen LogP contribution in [0.2, 0.25) is 0 Å². The van der Waals surface area contributed by atoms with Crippen LogP contribution in [-0.4, -0.2) is 23.8 Å². The van der Waals surface area contributed by atoms with Crippen LogP contribution >= 0.6 is 0 Å². The summed E-state index contributed by atoms with van der Waals surface area (Å²) in [4.78, 5) is 25.6. The van der Waals surface area contributed by atoms with E-state index in [9.17, 15) is 9.59 Å². The number of carbonyl (C=O) groups is 2. The minimum atomic E-state index is -0.304. The smallest absolute Gasteiger partial charge is 0.262 e. The Hall–Kier alpha value is -2.88. The molecule has 0 aromatic heterocycles. The molecule has 0 unspecified atom stereocenters. The van der Waals surface area contributed by atoms with E-state index in [4.69, 9.17) is 0 Å². The van der Waals surface area contributed by atoms with Gasteiger partial charge >= 0.3 is 0 Å². The molecule has 0 fully saturated rings. The molecule has 0 saturated carbocycles. The summed E-state index contributed by atoms with van der Waals surface area (Å²) in [5.74, 6) is -0.574. The van der Waals surface area contributed by atoms with E-state index in [1.807, 2.05) is 36.4 Å². The van der Waals surface area contributed by atoms with Crippen LogP contribution in [0.4, 0.5) is 5.69 Å². The highest BCUT2D eigenvalue weighted by Gasteiger charge is 2.31. The molecule has 21 heavy (non-hydrogen) atoms. The Morgan fingerprint density at radius 3 is 2.19 bits per heavy atom. The van der Waals surface area contributed by atoms with Gasteiger partial charge in [0.2, 0.25) is 0 Å². The maximum atomic E-state index is 12.3. The Morgan fingerprint density at radius 1 is 0.857 bits per heavy atom. The minimum Gasteiger partial charge on any atom is -0.361 e. The van der Waals surface area contributed by atoms with Gasteiger partial charge in [-0.15, -0.1) is 0 Å². The molecule has 4 nitrogen and oxygen atoms in total. The average Bonchev–Trinajstić information content (AvgIpc) is 2.54. The maximum absolute atomic E-state index is 12.3. The van der Waals surface area contributed by atoms with Gasteiger partial charge in [0.15, 0.2) is 0 Å². The highest BCUT2D eigenvalue weighted by molar-refractivity contribution is 6.30. The average molecular weight is 278 g/mol. The van der Waals surface area contributed by atoms with Gasteiger partial charge in [-0.3, -0.25) is 14.5 Å². The summed E-state index contributed by atoms with van der Waals surface area (Å²) < 4.78 is 0. The topological polar surface area (TPSA) is 49.4 Å². The molecule has 2 aromatic rings. The summed E-state index contributed by atoms with van der Waals surface area (Å²) in [6, 6.07) is 16.7. The summed E-state index contributed by atoms with van der Waals surface area (Å²) in [6.45, 7) is 0. The molecule has 2 aromatic carbocycles. The zero-order chi connectivity index (χ0) is 14.8. The second kappa shape index (κ2) is 5.25. The van der Waals surface area contributed by atoms with E-state index in [1.165, 1.54) is 7.05 Å². The molecular weight excluding hydrogens is 264 g/mol. The van der Waals surface area contributed by atoms with Crippen molar-refractivity contribution in [1.29, 1.82) is 0 Å². The highest BCUT2D eigenvalue weighted by atomic mass is 16.2. The van der Waals surface area contributed by atoms with Crippen LogP contribution in [0.1, 0.15) is 15.9 Å². The van der Waals surface area contributed by atoms with Crippen molar-refractivity contribution in [2.75, 3.05) is 12.4 Å². The lowest BCUT2D eigenvalue weighted by atomic mass is 9.94. The van der Waals surface area contributed by atoms with Gasteiger partial charge in [-0.1, -0.05) is 36.4 Å². The fraction of sp³-hybridized carbons (Fsp3) is 0.0588. The summed E-state index contributed by atoms with van der Waals surface area (Å²) in [5.41, 5.74) is 2.57. The first kappa shape index (κ1) is 13.1. The molecule has 0 spiro atoms. The maximum Gasteiger partial charge on any atom is 0.262 e. The van der Waals surface area contributed by atoms with E-state index in [1.54, 1.807) is 24.4 Å². The third-order valence-electron chi connectivity index (χ3n) is 3.44. The predicted octanol–water partition coefficient (Wildman–Crippen LogP) is 2.75. The number of nitrogens with one attached hydrogen (secondary N) is 1. The number of imide groups is 1. The molecule has 1 aliphatic heterocycles. The number of benzene rings is 2. The molecule has 4 heteroatoms. The van der Waals surface area contributed by atoms with Gasteiger partial charge in [-0.2, -0.15) is 0 Å². The molecule has 3 rings (SSSR count). The van der Waals surface area contributed by atoms with E-state index in [0.717, 1.165) is 10.6 Å². The van der Waals surface area contributed by atoms with Crippen LogP contribution in [0.15, 0.2) is 60.8 Å². The Kier molecular flexibility index (Phi) is 3.28. The first-order chi connectivity index (χ1) is 10.2. The molecule has 0 aliphatic carbocycles. The van der Waals surface area contributed by atoms with Gasteiger partial charge in [0.05, 0.1) is 5.57 Å². The number of likely N-dealkylation sites (N-methyl/N-ethyl adjacent to an activating group) is 1. The third kappa shape index (κ3) is 2.31. The number of rotatable bonds is 2. The lowest BCUT2D eigenvalue weighted by molar-refractivity contribution is -0.121. The fourth-order valence-electron chi connectivity index (χ4n) is 2.30. The largest absolute Gasteiger partial charge is 0.361 e. The predicted molar refractivity (Wildman–Crippen MR) is 81.6 cm³/mol. The molecule has 1 aliphatic rings. The zero-order valence-electron chi connectivity index (χ0n) is 11.5. The normalized spacial score (nSPS) is 16.0. The number of anilines is 1. The van der Waals surface area contributed by atoms with Crippen molar-refractivity contribution in [3.63, 3.8) is 0 Å². The summed E-state index contributed by atoms with van der Waals surface area (Å²) in [5, 5.41) is 3.10. The molecule has 0 saturated heterocycles. The Morgan fingerprint density at radius 2 is 1.48 bits per heavy atom. The summed E-state index contributed by atoms with van der Waals surface area (Å²) in [6.07, 6.45) is 1.65. The van der Waals surface area contributed by atoms with Crippen LogP contribution in [-0.2, 0) is 4.79 Å². The van der Waals surface area contributed by atoms with Crippen LogP contribution in [0.5, 0.6) is 0 Å². The Bertz CT molecular complexity index is 735. The number of fused-ring (bicyclic) bond motifs is 1. The summed E-state index contributed by atoms with van der Waals surface area (Å²) >= 11 is 0. The standard InChI is InChI=1S/C17H14N2O2/c1-19-16(20)14-10-6-5-9-13(14)15(17(19)21)11-18-12-7-3-2-4-8-12/h2-11,18H,1H3. The fourth-order valence-corrected chi connectivity index (χ4v) is 2.30. The lowest BCUT2D eigenvalue weighted by Crippen LogP contribution is -2.38. The quantitative estimate of drug-likeness (QED) is 0.679. The van der Waals surface area contributed by atoms with Gasteiger partial charge in [0.1, 0.15) is 0 Å². The van der Waals surface area contributed by atoms with E-state index in [0.29, 0.717) is 16.7 Å². The zero-order valence-corrected chi connectivity index (χ0v) is 11.5. The Balaban J connectivity index is 2.03. The molecule has 104 valence electrons. The Labute approximate surface area is 122 Å². The van der Waals surface area contributed by atoms with Crippen molar-refractivity contribution >= 4 is 23.1 Å². The van der Waals surface area contributed by atoms with Crippen LogP contribution in [0, 0.1) is 0 Å². The number of para-hydroxylation sites is 1. The number of hydrogen-bond acceptors (Lipinski definition) is 3. The van der Waals surface area contributed by atoms with Gasteiger partial charge in [0.25, 0.3) is 11.8 Å². The van der Waals surface area contributed by atoms with Crippen molar-refractivity contribution in [2.24, 2.45) is 0 Å². The molecule has 1 heterocycles. The molecule has 0 bridgehead atoms. The van der Waals surface area contributed by atoms with Gasteiger partial charge in [0, 0.05) is 30.1 Å². The first-order valence-corrected chi connectivity index (χ1v) is 6.62. The van der Waals surface area contributed by atoms with Crippen molar-refractivity contribution in [2.45, 2.75) is 0 Å². The van der Waals surface area contributed by atoms with E-state index in [-0.39, 0.29) is 11.8 Å². The number of carbonyl (C=O) groups excluding carboxylic acids is 2. The van der Waals surface area contributed by atoms with E-state index < -0.39 is 0 Å². The minimum absolute atomic E-state index is 0.271. The monoisotopic (exact) mass is 278 g/mol.